The van der Waals surface area contributed by atoms with Gasteiger partial charge in [-0.05, 0) is 30.9 Å². The van der Waals surface area contributed by atoms with Gasteiger partial charge in [0.25, 0.3) is 5.69 Å². The average Bonchev–Trinajstić information content (AvgIpc) is 2.70. The lowest BCUT2D eigenvalue weighted by atomic mass is 10.0. The summed E-state index contributed by atoms with van der Waals surface area (Å²) in [5.74, 6) is -0.491. The Balaban J connectivity index is 2.05. The molecule has 1 aliphatic rings. The Hall–Kier alpha value is -1.96. The van der Waals surface area contributed by atoms with Gasteiger partial charge in [0.1, 0.15) is 5.69 Å². The number of aryl methyl sites for hydroxylation is 1. The maximum atomic E-state index is 11.9. The fourth-order valence-corrected chi connectivity index (χ4v) is 4.26. The van der Waals surface area contributed by atoms with Crippen molar-refractivity contribution in [3.05, 3.63) is 33.9 Å². The highest BCUT2D eigenvalue weighted by Crippen LogP contribution is 2.27. The zero-order valence-corrected chi connectivity index (χ0v) is 12.4. The van der Waals surface area contributed by atoms with Crippen LogP contribution in [0.5, 0.6) is 0 Å². The van der Waals surface area contributed by atoms with Gasteiger partial charge in [0.2, 0.25) is 5.91 Å². The Labute approximate surface area is 122 Å². The topological polar surface area (TPSA) is 106 Å². The predicted octanol–water partition coefficient (Wildman–Crippen LogP) is 1.67. The van der Waals surface area contributed by atoms with E-state index in [1.807, 2.05) is 0 Å². The molecule has 1 saturated heterocycles. The van der Waals surface area contributed by atoms with Gasteiger partial charge in [-0.25, -0.2) is 8.42 Å². The third-order valence-corrected chi connectivity index (χ3v) is 5.26. The highest BCUT2D eigenvalue weighted by Gasteiger charge is 2.29. The van der Waals surface area contributed by atoms with E-state index in [2.05, 4.69) is 5.32 Å². The summed E-state index contributed by atoms with van der Waals surface area (Å²) in [5.41, 5.74) is 0.695. The number of rotatable bonds is 4. The molecule has 1 atom stereocenters. The van der Waals surface area contributed by atoms with Crippen LogP contribution in [0.2, 0.25) is 0 Å². The van der Waals surface area contributed by atoms with Gasteiger partial charge >= 0.3 is 0 Å². The number of nitrogens with one attached hydrogen (secondary N) is 1. The van der Waals surface area contributed by atoms with Crippen molar-refractivity contribution in [2.24, 2.45) is 5.92 Å². The predicted molar refractivity (Wildman–Crippen MR) is 77.8 cm³/mol. The summed E-state index contributed by atoms with van der Waals surface area (Å²) in [6, 6.07) is 4.54. The number of carbonyl (C=O) groups is 1. The average molecular weight is 312 g/mol. The lowest BCUT2D eigenvalue weighted by molar-refractivity contribution is -0.384. The zero-order chi connectivity index (χ0) is 15.6. The van der Waals surface area contributed by atoms with Gasteiger partial charge in [0.15, 0.2) is 9.84 Å². The molecule has 0 spiro atoms. The molecule has 1 aliphatic heterocycles. The first-order chi connectivity index (χ1) is 9.77. The van der Waals surface area contributed by atoms with Crippen LogP contribution in [0.15, 0.2) is 18.2 Å². The van der Waals surface area contributed by atoms with Gasteiger partial charge in [0, 0.05) is 12.5 Å². The summed E-state index contributed by atoms with van der Waals surface area (Å²) in [7, 11) is -3.03. The van der Waals surface area contributed by atoms with Crippen LogP contribution in [0, 0.1) is 23.0 Å². The summed E-state index contributed by atoms with van der Waals surface area (Å²) in [4.78, 5) is 22.3. The first kappa shape index (κ1) is 15.4. The van der Waals surface area contributed by atoms with Gasteiger partial charge < -0.3 is 5.32 Å². The number of nitro groups is 1. The SMILES string of the molecule is Cc1ccc(NC(=O)C[C@@H]2CCS(=O)(=O)C2)c([N+](=O)[O-])c1. The molecule has 0 aromatic heterocycles. The molecule has 21 heavy (non-hydrogen) atoms. The molecule has 0 saturated carbocycles. The maximum absolute atomic E-state index is 11.9. The number of anilines is 1. The maximum Gasteiger partial charge on any atom is 0.293 e. The first-order valence-electron chi connectivity index (χ1n) is 6.52. The van der Waals surface area contributed by atoms with E-state index in [0.717, 1.165) is 5.56 Å². The van der Waals surface area contributed by atoms with E-state index in [9.17, 15) is 23.3 Å². The summed E-state index contributed by atoms with van der Waals surface area (Å²) >= 11 is 0. The summed E-state index contributed by atoms with van der Waals surface area (Å²) < 4.78 is 22.7. The third-order valence-electron chi connectivity index (χ3n) is 3.42. The summed E-state index contributed by atoms with van der Waals surface area (Å²) in [6.45, 7) is 1.72. The summed E-state index contributed by atoms with van der Waals surface area (Å²) in [6.07, 6.45) is 0.524. The number of nitrogens with zero attached hydrogens (tertiary/aromatic N) is 1. The second kappa shape index (κ2) is 5.80. The molecule has 1 fully saturated rings. The van der Waals surface area contributed by atoms with Crippen LogP contribution in [0.25, 0.3) is 0 Å². The minimum absolute atomic E-state index is 0.0103. The van der Waals surface area contributed by atoms with Crippen molar-refractivity contribution in [1.29, 1.82) is 0 Å². The molecular weight excluding hydrogens is 296 g/mol. The first-order valence-corrected chi connectivity index (χ1v) is 8.34. The Morgan fingerprint density at radius 3 is 2.76 bits per heavy atom. The quantitative estimate of drug-likeness (QED) is 0.672. The molecule has 1 aromatic carbocycles. The minimum atomic E-state index is -3.03. The lowest BCUT2D eigenvalue weighted by Crippen LogP contribution is -2.18. The molecule has 0 unspecified atom stereocenters. The number of nitro benzene ring substituents is 1. The fourth-order valence-electron chi connectivity index (χ4n) is 2.39. The van der Waals surface area contributed by atoms with Crippen LogP contribution in [-0.4, -0.2) is 30.8 Å². The Bertz CT molecular complexity index is 684. The smallest absolute Gasteiger partial charge is 0.293 e. The van der Waals surface area contributed by atoms with Gasteiger partial charge in [-0.2, -0.15) is 0 Å². The van der Waals surface area contributed by atoms with Gasteiger partial charge in [-0.15, -0.1) is 0 Å². The number of sulfone groups is 1. The van der Waals surface area contributed by atoms with Crippen molar-refractivity contribution >= 4 is 27.1 Å². The molecule has 7 nitrogen and oxygen atoms in total. The van der Waals surface area contributed by atoms with Crippen LogP contribution < -0.4 is 5.32 Å². The van der Waals surface area contributed by atoms with Crippen LogP contribution >= 0.6 is 0 Å². The highest BCUT2D eigenvalue weighted by atomic mass is 32.2. The van der Waals surface area contributed by atoms with E-state index in [0.29, 0.717) is 6.42 Å². The standard InChI is InChI=1S/C13H16N2O5S/c1-9-2-3-11(12(6-9)15(17)18)14-13(16)7-10-4-5-21(19,20)8-10/h2-3,6,10H,4-5,7-8H2,1H3,(H,14,16)/t10-/m0/s1. The molecule has 2 rings (SSSR count). The van der Waals surface area contributed by atoms with Crippen molar-refractivity contribution in [2.45, 2.75) is 19.8 Å². The van der Waals surface area contributed by atoms with Crippen molar-refractivity contribution in [2.75, 3.05) is 16.8 Å². The van der Waals surface area contributed by atoms with E-state index >= 15 is 0 Å². The highest BCUT2D eigenvalue weighted by molar-refractivity contribution is 7.91. The molecule has 1 aromatic rings. The second-order valence-corrected chi connectivity index (χ2v) is 7.53. The van der Waals surface area contributed by atoms with Gasteiger partial charge in [-0.3, -0.25) is 14.9 Å². The molecule has 8 heteroatoms. The molecule has 0 aliphatic carbocycles. The number of benzene rings is 1. The number of amides is 1. The molecule has 1 amide bonds. The van der Waals surface area contributed by atoms with E-state index in [1.54, 1.807) is 13.0 Å². The molecule has 1 heterocycles. The van der Waals surface area contributed by atoms with Crippen LogP contribution in [-0.2, 0) is 14.6 Å². The van der Waals surface area contributed by atoms with E-state index < -0.39 is 20.7 Å². The minimum Gasteiger partial charge on any atom is -0.320 e. The third kappa shape index (κ3) is 4.01. The number of hydrogen-bond acceptors (Lipinski definition) is 5. The number of hydrogen-bond donors (Lipinski definition) is 1. The Morgan fingerprint density at radius 1 is 1.48 bits per heavy atom. The Kier molecular flexibility index (Phi) is 4.26. The van der Waals surface area contributed by atoms with Crippen LogP contribution in [0.1, 0.15) is 18.4 Å². The van der Waals surface area contributed by atoms with Crippen LogP contribution in [0.4, 0.5) is 11.4 Å². The zero-order valence-electron chi connectivity index (χ0n) is 11.5. The van der Waals surface area contributed by atoms with Crippen molar-refractivity contribution in [3.8, 4) is 0 Å². The van der Waals surface area contributed by atoms with E-state index in [-0.39, 0.29) is 35.2 Å². The molecule has 0 radical (unpaired) electrons. The van der Waals surface area contributed by atoms with E-state index in [1.165, 1.54) is 12.1 Å². The van der Waals surface area contributed by atoms with Crippen molar-refractivity contribution in [3.63, 3.8) is 0 Å². The van der Waals surface area contributed by atoms with Crippen LogP contribution in [0.3, 0.4) is 0 Å². The van der Waals surface area contributed by atoms with Crippen molar-refractivity contribution < 1.29 is 18.1 Å². The molecule has 0 bridgehead atoms. The second-order valence-electron chi connectivity index (χ2n) is 5.30. The van der Waals surface area contributed by atoms with Crippen molar-refractivity contribution in [1.82, 2.24) is 0 Å². The Morgan fingerprint density at radius 2 is 2.19 bits per heavy atom. The monoisotopic (exact) mass is 312 g/mol. The number of carbonyl (C=O) groups excluding carboxylic acids is 1. The summed E-state index contributed by atoms with van der Waals surface area (Å²) in [5, 5.41) is 13.5. The van der Waals surface area contributed by atoms with Gasteiger partial charge in [0.05, 0.1) is 16.4 Å². The van der Waals surface area contributed by atoms with E-state index in [4.69, 9.17) is 0 Å². The molecular formula is C13H16N2O5S. The molecule has 1 N–H and O–H groups in total. The largest absolute Gasteiger partial charge is 0.320 e. The van der Waals surface area contributed by atoms with Gasteiger partial charge in [-0.1, -0.05) is 6.07 Å². The molecule has 114 valence electrons. The normalized spacial score (nSPS) is 20.1. The lowest BCUT2D eigenvalue weighted by Gasteiger charge is -2.09. The fraction of sp³-hybridized carbons (Fsp3) is 0.462.